The van der Waals surface area contributed by atoms with Crippen LogP contribution in [0.3, 0.4) is 0 Å². The summed E-state index contributed by atoms with van der Waals surface area (Å²) >= 11 is 1.60. The predicted molar refractivity (Wildman–Crippen MR) is 122 cm³/mol. The van der Waals surface area contributed by atoms with Crippen LogP contribution in [0.5, 0.6) is 0 Å². The summed E-state index contributed by atoms with van der Waals surface area (Å²) < 4.78 is 13.4. The van der Waals surface area contributed by atoms with Crippen molar-refractivity contribution in [3.05, 3.63) is 65.5 Å². The second kappa shape index (κ2) is 9.60. The Morgan fingerprint density at radius 1 is 1.22 bits per heavy atom. The molecule has 2 heterocycles. The SMILES string of the molecule is Cc1ccc(F)cc1NC(=O)N[C@H]1C[C@H]2C(=O)N[C@@H](CSCc3ccccc3)C(=O)N2C1. The molecule has 2 aromatic carbocycles. The molecule has 0 unspecified atom stereocenters. The van der Waals surface area contributed by atoms with Gasteiger partial charge in [-0.25, -0.2) is 9.18 Å². The summed E-state index contributed by atoms with van der Waals surface area (Å²) in [6.07, 6.45) is 0.344. The zero-order chi connectivity index (χ0) is 22.7. The molecule has 2 aromatic rings. The van der Waals surface area contributed by atoms with Crippen LogP contribution >= 0.6 is 11.8 Å². The third-order valence-electron chi connectivity index (χ3n) is 5.68. The molecule has 2 aliphatic rings. The minimum Gasteiger partial charge on any atom is -0.342 e. The van der Waals surface area contributed by atoms with Crippen LogP contribution in [0.25, 0.3) is 0 Å². The van der Waals surface area contributed by atoms with Gasteiger partial charge >= 0.3 is 6.03 Å². The molecule has 0 bridgehead atoms. The number of nitrogens with one attached hydrogen (secondary N) is 3. The molecular formula is C23H25FN4O3S. The molecule has 0 aliphatic carbocycles. The highest BCUT2D eigenvalue weighted by molar-refractivity contribution is 7.98. The molecule has 2 saturated heterocycles. The van der Waals surface area contributed by atoms with E-state index in [1.165, 1.54) is 12.1 Å². The summed E-state index contributed by atoms with van der Waals surface area (Å²) in [5.74, 6) is 0.484. The second-order valence-corrected chi connectivity index (χ2v) is 9.09. The second-order valence-electron chi connectivity index (χ2n) is 8.06. The molecule has 2 fully saturated rings. The zero-order valence-corrected chi connectivity index (χ0v) is 18.5. The average Bonchev–Trinajstić information content (AvgIpc) is 3.19. The van der Waals surface area contributed by atoms with Gasteiger partial charge in [-0.1, -0.05) is 36.4 Å². The summed E-state index contributed by atoms with van der Waals surface area (Å²) in [6, 6.07) is 12.1. The van der Waals surface area contributed by atoms with Crippen LogP contribution < -0.4 is 16.0 Å². The maximum absolute atomic E-state index is 13.4. The van der Waals surface area contributed by atoms with E-state index in [0.717, 1.165) is 16.9 Å². The molecule has 4 amide bonds. The van der Waals surface area contributed by atoms with E-state index < -0.39 is 23.9 Å². The quantitative estimate of drug-likeness (QED) is 0.623. The van der Waals surface area contributed by atoms with Crippen LogP contribution in [-0.4, -0.2) is 53.2 Å². The number of benzene rings is 2. The van der Waals surface area contributed by atoms with E-state index >= 15 is 0 Å². The zero-order valence-electron chi connectivity index (χ0n) is 17.6. The lowest BCUT2D eigenvalue weighted by atomic mass is 10.1. The van der Waals surface area contributed by atoms with Gasteiger partial charge < -0.3 is 20.9 Å². The van der Waals surface area contributed by atoms with Crippen LogP contribution in [0.4, 0.5) is 14.9 Å². The standard InChI is InChI=1S/C23H25FN4O3S/c1-14-7-8-16(24)9-18(14)27-23(31)25-17-10-20-21(29)26-19(22(30)28(20)11-17)13-32-12-15-5-3-2-4-6-15/h2-9,17,19-20H,10-13H2,1H3,(H,26,29)(H2,25,27,31)/t17-,19-,20-/m0/s1. The smallest absolute Gasteiger partial charge is 0.319 e. The van der Waals surface area contributed by atoms with Gasteiger partial charge in [-0.2, -0.15) is 11.8 Å². The number of thioether (sulfide) groups is 1. The lowest BCUT2D eigenvalue weighted by Crippen LogP contribution is -2.61. The van der Waals surface area contributed by atoms with Gasteiger partial charge in [-0.05, 0) is 36.6 Å². The molecule has 9 heteroatoms. The maximum Gasteiger partial charge on any atom is 0.319 e. The Balaban J connectivity index is 1.31. The number of hydrogen-bond acceptors (Lipinski definition) is 4. The van der Waals surface area contributed by atoms with Crippen molar-refractivity contribution in [1.29, 1.82) is 0 Å². The van der Waals surface area contributed by atoms with Gasteiger partial charge in [0.05, 0.1) is 6.04 Å². The fourth-order valence-corrected chi connectivity index (χ4v) is 5.02. The van der Waals surface area contributed by atoms with Crippen LogP contribution in [-0.2, 0) is 15.3 Å². The number of urea groups is 1. The van der Waals surface area contributed by atoms with Gasteiger partial charge in [-0.3, -0.25) is 9.59 Å². The number of carbonyl (C=O) groups is 3. The Morgan fingerprint density at radius 2 is 2.00 bits per heavy atom. The molecule has 0 spiro atoms. The van der Waals surface area contributed by atoms with E-state index in [2.05, 4.69) is 16.0 Å². The topological polar surface area (TPSA) is 90.5 Å². The first kappa shape index (κ1) is 22.1. The van der Waals surface area contributed by atoms with Crippen molar-refractivity contribution in [2.24, 2.45) is 0 Å². The van der Waals surface area contributed by atoms with Crippen LogP contribution in [0.2, 0.25) is 0 Å². The van der Waals surface area contributed by atoms with Gasteiger partial charge in [0.1, 0.15) is 17.9 Å². The Morgan fingerprint density at radius 3 is 2.78 bits per heavy atom. The van der Waals surface area contributed by atoms with E-state index in [0.29, 0.717) is 17.9 Å². The lowest BCUT2D eigenvalue weighted by molar-refractivity contribution is -0.146. The highest BCUT2D eigenvalue weighted by atomic mass is 32.2. The number of nitrogens with zero attached hydrogens (tertiary/aromatic N) is 1. The Kier molecular flexibility index (Phi) is 6.64. The predicted octanol–water partition coefficient (Wildman–Crippen LogP) is 2.66. The number of anilines is 1. The van der Waals surface area contributed by atoms with Crippen LogP contribution in [0, 0.1) is 12.7 Å². The summed E-state index contributed by atoms with van der Waals surface area (Å²) in [4.78, 5) is 39.5. The lowest BCUT2D eigenvalue weighted by Gasteiger charge is -2.34. The van der Waals surface area contributed by atoms with Gasteiger partial charge in [0.25, 0.3) is 0 Å². The van der Waals surface area contributed by atoms with Crippen LogP contribution in [0.1, 0.15) is 17.5 Å². The minimum atomic E-state index is -0.584. The van der Waals surface area contributed by atoms with E-state index in [1.54, 1.807) is 29.7 Å². The summed E-state index contributed by atoms with van der Waals surface area (Å²) in [5.41, 5.74) is 2.27. The monoisotopic (exact) mass is 456 g/mol. The van der Waals surface area contributed by atoms with E-state index in [1.807, 2.05) is 30.3 Å². The van der Waals surface area contributed by atoms with Gasteiger partial charge in [0.15, 0.2) is 0 Å². The number of hydrogen-bond donors (Lipinski definition) is 3. The van der Waals surface area contributed by atoms with E-state index in [4.69, 9.17) is 0 Å². The van der Waals surface area contributed by atoms with E-state index in [-0.39, 0.29) is 24.4 Å². The first-order chi connectivity index (χ1) is 15.4. The molecule has 0 aromatic heterocycles. The van der Waals surface area contributed by atoms with Gasteiger partial charge in [0, 0.05) is 23.7 Å². The van der Waals surface area contributed by atoms with E-state index in [9.17, 15) is 18.8 Å². The first-order valence-corrected chi connectivity index (χ1v) is 11.6. The summed E-state index contributed by atoms with van der Waals surface area (Å²) in [6.45, 7) is 2.04. The minimum absolute atomic E-state index is 0.124. The molecule has 0 radical (unpaired) electrons. The van der Waals surface area contributed by atoms with Crippen LogP contribution in [0.15, 0.2) is 48.5 Å². The molecule has 168 valence electrons. The van der Waals surface area contributed by atoms with Gasteiger partial charge in [-0.15, -0.1) is 0 Å². The molecule has 3 atom stereocenters. The highest BCUT2D eigenvalue weighted by Crippen LogP contribution is 2.25. The fourth-order valence-electron chi connectivity index (χ4n) is 4.02. The van der Waals surface area contributed by atoms with Crippen molar-refractivity contribution < 1.29 is 18.8 Å². The molecular weight excluding hydrogens is 431 g/mol. The van der Waals surface area contributed by atoms with Crippen molar-refractivity contribution in [3.63, 3.8) is 0 Å². The van der Waals surface area contributed by atoms with Crippen molar-refractivity contribution in [1.82, 2.24) is 15.5 Å². The number of carbonyl (C=O) groups excluding carboxylic acids is 3. The van der Waals surface area contributed by atoms with Crippen molar-refractivity contribution in [2.75, 3.05) is 17.6 Å². The normalized spacial score (nSPS) is 22.3. The first-order valence-electron chi connectivity index (χ1n) is 10.5. The van der Waals surface area contributed by atoms with Crippen molar-refractivity contribution in [3.8, 4) is 0 Å². The van der Waals surface area contributed by atoms with Crippen molar-refractivity contribution >= 4 is 35.3 Å². The molecule has 7 nitrogen and oxygen atoms in total. The number of rotatable bonds is 6. The molecule has 2 aliphatic heterocycles. The number of aryl methyl sites for hydroxylation is 1. The largest absolute Gasteiger partial charge is 0.342 e. The summed E-state index contributed by atoms with van der Waals surface area (Å²) in [5, 5.41) is 8.27. The molecule has 32 heavy (non-hydrogen) atoms. The Hall–Kier alpha value is -3.07. The Labute approximate surface area is 190 Å². The Bertz CT molecular complexity index is 1020. The van der Waals surface area contributed by atoms with Gasteiger partial charge in [0.2, 0.25) is 11.8 Å². The molecule has 0 saturated carbocycles. The number of piperazine rings is 1. The fraction of sp³-hybridized carbons (Fsp3) is 0.348. The number of halogens is 1. The third-order valence-corrected chi connectivity index (χ3v) is 6.79. The average molecular weight is 457 g/mol. The van der Waals surface area contributed by atoms with Crippen molar-refractivity contribution in [2.45, 2.75) is 37.2 Å². The number of fused-ring (bicyclic) bond motifs is 1. The third kappa shape index (κ3) is 5.04. The maximum atomic E-state index is 13.4. The highest BCUT2D eigenvalue weighted by Gasteiger charge is 2.46. The summed E-state index contributed by atoms with van der Waals surface area (Å²) in [7, 11) is 0. The molecule has 4 rings (SSSR count). The number of amides is 4. The molecule has 3 N–H and O–H groups in total.